The van der Waals surface area contributed by atoms with Crippen LogP contribution in [0.25, 0.3) is 10.9 Å². The third kappa shape index (κ3) is 2.39. The van der Waals surface area contributed by atoms with Crippen LogP contribution in [0.3, 0.4) is 0 Å². The molecule has 0 fully saturated rings. The highest BCUT2D eigenvalue weighted by molar-refractivity contribution is 5.77. The standard InChI is InChI=1S/C15H13N3O/c16-9-11-5-2-4-8-14(11)19-15-17-10-12-6-1-3-7-13(12)18-15/h1-8,10H,9,16H2. The summed E-state index contributed by atoms with van der Waals surface area (Å²) in [5.74, 6) is 0.695. The lowest BCUT2D eigenvalue weighted by molar-refractivity contribution is 0.439. The Morgan fingerprint density at radius 2 is 1.79 bits per heavy atom. The van der Waals surface area contributed by atoms with Gasteiger partial charge in [-0.15, -0.1) is 0 Å². The maximum Gasteiger partial charge on any atom is 0.322 e. The second-order valence-corrected chi connectivity index (χ2v) is 4.13. The molecule has 94 valence electrons. The molecule has 0 radical (unpaired) electrons. The fourth-order valence-corrected chi connectivity index (χ4v) is 1.87. The summed E-state index contributed by atoms with van der Waals surface area (Å²) in [7, 11) is 0. The molecule has 4 nitrogen and oxygen atoms in total. The molecule has 3 aromatic rings. The van der Waals surface area contributed by atoms with Gasteiger partial charge in [0.15, 0.2) is 0 Å². The number of nitrogens with zero attached hydrogens (tertiary/aromatic N) is 2. The number of benzene rings is 2. The van der Waals surface area contributed by atoms with Gasteiger partial charge in [-0.25, -0.2) is 4.98 Å². The van der Waals surface area contributed by atoms with E-state index in [0.29, 0.717) is 18.3 Å². The van der Waals surface area contributed by atoms with Crippen molar-refractivity contribution in [2.24, 2.45) is 5.73 Å². The number of fused-ring (bicyclic) bond motifs is 1. The number of hydrogen-bond donors (Lipinski definition) is 1. The molecule has 0 saturated carbocycles. The van der Waals surface area contributed by atoms with Gasteiger partial charge in [-0.3, -0.25) is 0 Å². The molecule has 2 aromatic carbocycles. The van der Waals surface area contributed by atoms with Crippen LogP contribution in [0, 0.1) is 0 Å². The molecule has 1 heterocycles. The van der Waals surface area contributed by atoms with Crippen molar-refractivity contribution in [2.75, 3.05) is 0 Å². The van der Waals surface area contributed by atoms with E-state index in [-0.39, 0.29) is 0 Å². The van der Waals surface area contributed by atoms with Gasteiger partial charge in [0.2, 0.25) is 0 Å². The SMILES string of the molecule is NCc1ccccc1Oc1ncc2ccccc2n1. The van der Waals surface area contributed by atoms with E-state index in [1.165, 1.54) is 0 Å². The van der Waals surface area contributed by atoms with Crippen molar-refractivity contribution in [2.45, 2.75) is 6.54 Å². The molecule has 0 amide bonds. The van der Waals surface area contributed by atoms with Crippen molar-refractivity contribution in [1.29, 1.82) is 0 Å². The van der Waals surface area contributed by atoms with Crippen molar-refractivity contribution in [3.8, 4) is 11.8 Å². The van der Waals surface area contributed by atoms with E-state index in [9.17, 15) is 0 Å². The molecule has 0 bridgehead atoms. The minimum atomic E-state index is 0.333. The highest BCUT2D eigenvalue weighted by Gasteiger charge is 2.05. The molecule has 19 heavy (non-hydrogen) atoms. The van der Waals surface area contributed by atoms with Crippen LogP contribution < -0.4 is 10.5 Å². The Bertz CT molecular complexity index is 712. The average molecular weight is 251 g/mol. The molecule has 0 unspecified atom stereocenters. The van der Waals surface area contributed by atoms with Crippen LogP contribution in [-0.2, 0) is 6.54 Å². The number of rotatable bonds is 3. The molecule has 0 aliphatic rings. The maximum absolute atomic E-state index is 5.71. The van der Waals surface area contributed by atoms with Crippen LogP contribution in [0.15, 0.2) is 54.7 Å². The third-order valence-corrected chi connectivity index (χ3v) is 2.86. The van der Waals surface area contributed by atoms with Crippen LogP contribution in [0.4, 0.5) is 0 Å². The lowest BCUT2D eigenvalue weighted by Crippen LogP contribution is -2.00. The first-order chi connectivity index (χ1) is 9.36. The molecule has 4 heteroatoms. The minimum absolute atomic E-state index is 0.333. The topological polar surface area (TPSA) is 61.0 Å². The summed E-state index contributed by atoms with van der Waals surface area (Å²) in [5.41, 5.74) is 7.46. The van der Waals surface area contributed by atoms with Crippen molar-refractivity contribution in [3.63, 3.8) is 0 Å². The van der Waals surface area contributed by atoms with Gasteiger partial charge < -0.3 is 10.5 Å². The monoisotopic (exact) mass is 251 g/mol. The van der Waals surface area contributed by atoms with Gasteiger partial charge in [0.25, 0.3) is 0 Å². The Kier molecular flexibility index (Phi) is 3.08. The summed E-state index contributed by atoms with van der Waals surface area (Å²) in [4.78, 5) is 8.58. The van der Waals surface area contributed by atoms with Crippen LogP contribution in [-0.4, -0.2) is 9.97 Å². The minimum Gasteiger partial charge on any atom is -0.424 e. The number of nitrogens with two attached hydrogens (primary N) is 1. The zero-order chi connectivity index (χ0) is 13.1. The normalized spacial score (nSPS) is 10.6. The maximum atomic E-state index is 5.71. The zero-order valence-corrected chi connectivity index (χ0v) is 10.3. The smallest absolute Gasteiger partial charge is 0.322 e. The fraction of sp³-hybridized carbons (Fsp3) is 0.0667. The van der Waals surface area contributed by atoms with Gasteiger partial charge >= 0.3 is 6.01 Å². The van der Waals surface area contributed by atoms with E-state index < -0.39 is 0 Å². The summed E-state index contributed by atoms with van der Waals surface area (Å²) < 4.78 is 5.71. The van der Waals surface area contributed by atoms with Crippen LogP contribution in [0.1, 0.15) is 5.56 Å². The van der Waals surface area contributed by atoms with Crippen LogP contribution in [0.2, 0.25) is 0 Å². The first kappa shape index (κ1) is 11.6. The van der Waals surface area contributed by atoms with Crippen molar-refractivity contribution < 1.29 is 4.74 Å². The molecule has 0 saturated heterocycles. The Morgan fingerprint density at radius 3 is 2.68 bits per heavy atom. The highest BCUT2D eigenvalue weighted by Crippen LogP contribution is 2.23. The average Bonchev–Trinajstić information content (AvgIpc) is 2.48. The first-order valence-electron chi connectivity index (χ1n) is 6.04. The Hall–Kier alpha value is -2.46. The molecule has 0 aliphatic carbocycles. The van der Waals surface area contributed by atoms with E-state index in [0.717, 1.165) is 16.5 Å². The Balaban J connectivity index is 1.96. The third-order valence-electron chi connectivity index (χ3n) is 2.86. The predicted molar refractivity (Wildman–Crippen MR) is 73.9 cm³/mol. The Morgan fingerprint density at radius 1 is 1.00 bits per heavy atom. The number of hydrogen-bond acceptors (Lipinski definition) is 4. The lowest BCUT2D eigenvalue weighted by Gasteiger charge is -2.08. The van der Waals surface area contributed by atoms with Gasteiger partial charge in [-0.2, -0.15) is 4.98 Å². The second kappa shape index (κ2) is 5.04. The highest BCUT2D eigenvalue weighted by atomic mass is 16.5. The quantitative estimate of drug-likeness (QED) is 0.777. The van der Waals surface area contributed by atoms with E-state index >= 15 is 0 Å². The fourth-order valence-electron chi connectivity index (χ4n) is 1.87. The summed E-state index contributed by atoms with van der Waals surface area (Å²) in [6.45, 7) is 0.420. The van der Waals surface area contributed by atoms with Crippen molar-refractivity contribution in [1.82, 2.24) is 9.97 Å². The largest absolute Gasteiger partial charge is 0.424 e. The van der Waals surface area contributed by atoms with Crippen LogP contribution >= 0.6 is 0 Å². The van der Waals surface area contributed by atoms with Crippen LogP contribution in [0.5, 0.6) is 11.8 Å². The lowest BCUT2D eigenvalue weighted by atomic mass is 10.2. The molecule has 0 atom stereocenters. The Labute approximate surface area is 110 Å². The van der Waals surface area contributed by atoms with E-state index in [4.69, 9.17) is 10.5 Å². The zero-order valence-electron chi connectivity index (χ0n) is 10.3. The first-order valence-corrected chi connectivity index (χ1v) is 6.04. The second-order valence-electron chi connectivity index (χ2n) is 4.13. The summed E-state index contributed by atoms with van der Waals surface area (Å²) in [6.07, 6.45) is 1.75. The van der Waals surface area contributed by atoms with E-state index in [2.05, 4.69) is 9.97 Å². The van der Waals surface area contributed by atoms with E-state index in [1.54, 1.807) is 6.20 Å². The van der Waals surface area contributed by atoms with Gasteiger partial charge in [0, 0.05) is 23.7 Å². The van der Waals surface area contributed by atoms with Gasteiger partial charge in [-0.05, 0) is 12.1 Å². The van der Waals surface area contributed by atoms with Gasteiger partial charge in [0.1, 0.15) is 5.75 Å². The molecule has 2 N–H and O–H groups in total. The summed E-state index contributed by atoms with van der Waals surface area (Å²) in [5, 5.41) is 0.988. The molecular weight excluding hydrogens is 238 g/mol. The molecule has 1 aromatic heterocycles. The van der Waals surface area contributed by atoms with E-state index in [1.807, 2.05) is 48.5 Å². The van der Waals surface area contributed by atoms with Gasteiger partial charge in [-0.1, -0.05) is 36.4 Å². The molecule has 0 spiro atoms. The number of ether oxygens (including phenoxy) is 1. The number of aromatic nitrogens is 2. The predicted octanol–water partition coefficient (Wildman–Crippen LogP) is 2.88. The summed E-state index contributed by atoms with van der Waals surface area (Å²) in [6, 6.07) is 15.7. The molecular formula is C15H13N3O. The number of para-hydroxylation sites is 2. The summed E-state index contributed by atoms with van der Waals surface area (Å²) >= 11 is 0. The van der Waals surface area contributed by atoms with Crippen molar-refractivity contribution in [3.05, 3.63) is 60.3 Å². The van der Waals surface area contributed by atoms with Gasteiger partial charge in [0.05, 0.1) is 5.52 Å². The molecule has 3 rings (SSSR count). The van der Waals surface area contributed by atoms with Crippen molar-refractivity contribution >= 4 is 10.9 Å². The molecule has 0 aliphatic heterocycles.